The number of urea groups is 1. The second-order valence-electron chi connectivity index (χ2n) is 1.49. The normalized spacial score (nSPS) is 19.5. The van der Waals surface area contributed by atoms with Gasteiger partial charge in [-0.15, -0.1) is 0 Å². The minimum absolute atomic E-state index is 0.231. The molecule has 0 aromatic heterocycles. The smallest absolute Gasteiger partial charge is 0.276 e. The number of hydrogen-bond acceptors (Lipinski definition) is 2. The van der Waals surface area contributed by atoms with Gasteiger partial charge in [-0.2, -0.15) is 0 Å². The number of carbonyl (C=O) groups excluding carboxylic acids is 2. The van der Waals surface area contributed by atoms with Crippen LogP contribution in [0.15, 0.2) is 0 Å². The van der Waals surface area contributed by atoms with Gasteiger partial charge in [0.1, 0.15) is 0 Å². The highest BCUT2D eigenvalue weighted by Crippen LogP contribution is 1.85. The molecule has 1 aliphatic rings. The predicted octanol–water partition coefficient (Wildman–Crippen LogP) is -0.769. The second kappa shape index (κ2) is 1.81. The largest absolute Gasteiger partial charge is 0.342 e. The molecule has 0 aliphatic carbocycles. The van der Waals surface area contributed by atoms with Crippen molar-refractivity contribution in [1.82, 2.24) is 10.6 Å². The zero-order chi connectivity index (χ0) is 5.98. The summed E-state index contributed by atoms with van der Waals surface area (Å²) in [4.78, 5) is 20.5. The van der Waals surface area contributed by atoms with Gasteiger partial charge in [-0.1, -0.05) is 0 Å². The first-order valence-corrected chi connectivity index (χ1v) is 2.30. The Labute approximate surface area is 46.3 Å². The summed E-state index contributed by atoms with van der Waals surface area (Å²) in [5, 5.41) is 5.44. The molecule has 1 N–H and O–H groups in total. The first-order valence-electron chi connectivity index (χ1n) is 2.30. The number of nitrogens with zero attached hydrogens (tertiary/aromatic N) is 1. The molecule has 1 aliphatic heterocycles. The zero-order valence-electron chi connectivity index (χ0n) is 4.18. The van der Waals surface area contributed by atoms with Crippen molar-refractivity contribution in [3.63, 3.8) is 0 Å². The molecule has 1 heterocycles. The Hall–Kier alpha value is -1.06. The summed E-state index contributed by atoms with van der Waals surface area (Å²) >= 11 is 0. The first kappa shape index (κ1) is 5.08. The summed E-state index contributed by atoms with van der Waals surface area (Å²) in [6.45, 7) is 0.338. The number of hydrogen-bond donors (Lipinski definition) is 1. The van der Waals surface area contributed by atoms with Crippen LogP contribution in [0, 0.1) is 0 Å². The van der Waals surface area contributed by atoms with E-state index in [2.05, 4.69) is 5.32 Å². The Morgan fingerprint density at radius 2 is 2.25 bits per heavy atom. The van der Waals surface area contributed by atoms with Crippen LogP contribution < -0.4 is 10.6 Å². The van der Waals surface area contributed by atoms with E-state index in [0.29, 0.717) is 13.0 Å². The number of rotatable bonds is 0. The summed E-state index contributed by atoms with van der Waals surface area (Å²) in [5.74, 6) is -0.231. The Kier molecular flexibility index (Phi) is 1.15. The van der Waals surface area contributed by atoms with E-state index in [1.54, 1.807) is 0 Å². The molecular formula is C4H5N2O2. The van der Waals surface area contributed by atoms with Gasteiger partial charge >= 0.3 is 6.03 Å². The van der Waals surface area contributed by atoms with Gasteiger partial charge in [0.2, 0.25) is 5.91 Å². The van der Waals surface area contributed by atoms with E-state index in [0.717, 1.165) is 0 Å². The molecule has 0 saturated carbocycles. The Balaban J connectivity index is 2.45. The zero-order valence-corrected chi connectivity index (χ0v) is 4.18. The minimum atomic E-state index is -0.513. The third-order valence-electron chi connectivity index (χ3n) is 0.841. The van der Waals surface area contributed by atoms with Gasteiger partial charge in [-0.05, 0) is 0 Å². The quantitative estimate of drug-likeness (QED) is 0.448. The maximum atomic E-state index is 10.3. The number of carbonyl (C=O) groups is 2. The molecule has 0 spiro atoms. The molecule has 0 aromatic carbocycles. The molecule has 1 saturated heterocycles. The van der Waals surface area contributed by atoms with Gasteiger partial charge in [-0.25, -0.2) is 10.1 Å². The summed E-state index contributed by atoms with van der Waals surface area (Å²) in [5.41, 5.74) is 0. The van der Waals surface area contributed by atoms with Gasteiger partial charge < -0.3 is 0 Å². The summed E-state index contributed by atoms with van der Waals surface area (Å²) in [7, 11) is 0. The molecule has 8 heavy (non-hydrogen) atoms. The molecule has 0 aromatic rings. The van der Waals surface area contributed by atoms with Crippen molar-refractivity contribution in [2.75, 3.05) is 6.54 Å². The van der Waals surface area contributed by atoms with E-state index in [4.69, 9.17) is 0 Å². The van der Waals surface area contributed by atoms with Crippen LogP contribution in [0.1, 0.15) is 6.42 Å². The van der Waals surface area contributed by atoms with Crippen molar-refractivity contribution >= 4 is 11.9 Å². The van der Waals surface area contributed by atoms with Crippen LogP contribution in [0.25, 0.3) is 0 Å². The van der Waals surface area contributed by atoms with Crippen molar-refractivity contribution in [3.05, 3.63) is 0 Å². The van der Waals surface area contributed by atoms with Crippen LogP contribution in [0.2, 0.25) is 0 Å². The summed E-state index contributed by atoms with van der Waals surface area (Å²) < 4.78 is 0. The minimum Gasteiger partial charge on any atom is -0.276 e. The van der Waals surface area contributed by atoms with E-state index < -0.39 is 6.03 Å². The lowest BCUT2D eigenvalue weighted by Gasteiger charge is -2.07. The van der Waals surface area contributed by atoms with Gasteiger partial charge in [0.15, 0.2) is 0 Å². The molecule has 43 valence electrons. The van der Waals surface area contributed by atoms with Crippen LogP contribution in [0.3, 0.4) is 0 Å². The van der Waals surface area contributed by atoms with E-state index >= 15 is 0 Å². The summed E-state index contributed by atoms with van der Waals surface area (Å²) in [6, 6.07) is -0.513. The van der Waals surface area contributed by atoms with Gasteiger partial charge in [0, 0.05) is 6.42 Å². The molecule has 3 amide bonds. The van der Waals surface area contributed by atoms with Crippen LogP contribution in [0.5, 0.6) is 0 Å². The van der Waals surface area contributed by atoms with Gasteiger partial charge in [0.25, 0.3) is 0 Å². The average Bonchev–Trinajstić information content (AvgIpc) is 1.64. The molecule has 1 radical (unpaired) electrons. The van der Waals surface area contributed by atoms with Crippen molar-refractivity contribution in [1.29, 1.82) is 0 Å². The fraction of sp³-hybridized carbons (Fsp3) is 0.500. The van der Waals surface area contributed by atoms with Crippen molar-refractivity contribution in [2.45, 2.75) is 6.42 Å². The Morgan fingerprint density at radius 1 is 1.50 bits per heavy atom. The highest BCUT2D eigenvalue weighted by molar-refractivity contribution is 5.96. The van der Waals surface area contributed by atoms with Crippen LogP contribution in [-0.4, -0.2) is 18.5 Å². The van der Waals surface area contributed by atoms with Gasteiger partial charge in [-0.3, -0.25) is 10.1 Å². The van der Waals surface area contributed by atoms with Crippen LogP contribution in [-0.2, 0) is 4.79 Å². The Morgan fingerprint density at radius 3 is 2.62 bits per heavy atom. The molecular weight excluding hydrogens is 108 g/mol. The van der Waals surface area contributed by atoms with E-state index in [9.17, 15) is 9.59 Å². The van der Waals surface area contributed by atoms with Crippen LogP contribution in [0.4, 0.5) is 4.79 Å². The van der Waals surface area contributed by atoms with Crippen molar-refractivity contribution in [3.8, 4) is 0 Å². The van der Waals surface area contributed by atoms with Gasteiger partial charge in [0.05, 0.1) is 6.54 Å². The third kappa shape index (κ3) is 0.959. The molecule has 0 atom stereocenters. The fourth-order valence-corrected chi connectivity index (χ4v) is 0.480. The molecule has 4 heteroatoms. The molecule has 1 fully saturated rings. The lowest BCUT2D eigenvalue weighted by molar-refractivity contribution is -0.120. The number of imide groups is 1. The van der Waals surface area contributed by atoms with E-state index in [1.165, 1.54) is 0 Å². The Bertz CT molecular complexity index is 118. The monoisotopic (exact) mass is 113 g/mol. The topological polar surface area (TPSA) is 60.3 Å². The van der Waals surface area contributed by atoms with Crippen LogP contribution >= 0.6 is 0 Å². The highest BCUT2D eigenvalue weighted by Gasteiger charge is 2.13. The predicted molar refractivity (Wildman–Crippen MR) is 25.2 cm³/mol. The van der Waals surface area contributed by atoms with E-state index in [1.807, 2.05) is 5.32 Å². The molecule has 0 unspecified atom stereocenters. The molecule has 1 rings (SSSR count). The third-order valence-corrected chi connectivity index (χ3v) is 0.841. The molecule has 0 bridgehead atoms. The average molecular weight is 113 g/mol. The molecule has 4 nitrogen and oxygen atoms in total. The highest BCUT2D eigenvalue weighted by atomic mass is 16.2. The van der Waals surface area contributed by atoms with Crippen molar-refractivity contribution in [2.24, 2.45) is 0 Å². The lowest BCUT2D eigenvalue weighted by Crippen LogP contribution is -2.42. The van der Waals surface area contributed by atoms with E-state index in [-0.39, 0.29) is 5.91 Å². The lowest BCUT2D eigenvalue weighted by atomic mass is 10.3. The second-order valence-corrected chi connectivity index (χ2v) is 1.49. The SMILES string of the molecule is O=C1CC[N]C(=O)N1. The fourth-order valence-electron chi connectivity index (χ4n) is 0.480. The summed E-state index contributed by atoms with van der Waals surface area (Å²) in [6.07, 6.45) is 0.339. The maximum absolute atomic E-state index is 10.3. The maximum Gasteiger partial charge on any atom is 0.342 e. The standard InChI is InChI=1S/C4H5N2O2/c7-3-1-2-5-4(8)6-3/h1-2H2,(H,6,7,8). The number of amides is 3. The van der Waals surface area contributed by atoms with Crippen molar-refractivity contribution < 1.29 is 9.59 Å². The first-order chi connectivity index (χ1) is 3.79. The number of nitrogens with one attached hydrogen (secondary N) is 1.